The third-order valence-corrected chi connectivity index (χ3v) is 20.7. The average molecular weight is 1390 g/mol. The molecule has 0 heterocycles. The second-order valence-electron chi connectivity index (χ2n) is 20.7. The van der Waals surface area contributed by atoms with Crippen LogP contribution in [0.25, 0.3) is 0 Å². The molecule has 0 saturated heterocycles. The summed E-state index contributed by atoms with van der Waals surface area (Å²) in [7, 11) is -27.3. The third-order valence-electron chi connectivity index (χ3n) is 13.2. The number of guanidine groups is 1. The third kappa shape index (κ3) is 17.9. The molecule has 0 unspecified atom stereocenters. The van der Waals surface area contributed by atoms with Crippen molar-refractivity contribution in [2.24, 2.45) is 15.3 Å². The summed E-state index contributed by atoms with van der Waals surface area (Å²) < 4.78 is 196. The van der Waals surface area contributed by atoms with Gasteiger partial charge < -0.3 is 25.1 Å². The lowest BCUT2D eigenvalue weighted by molar-refractivity contribution is -0.500. The molecule has 0 fully saturated rings. The molecule has 0 spiro atoms. The zero-order chi connectivity index (χ0) is 67.6. The number of hydrazine groups is 1. The first-order valence-electron chi connectivity index (χ1n) is 27.7. The van der Waals surface area contributed by atoms with Crippen molar-refractivity contribution in [3.63, 3.8) is 0 Å². The van der Waals surface area contributed by atoms with E-state index in [1.165, 1.54) is 146 Å². The van der Waals surface area contributed by atoms with Crippen molar-refractivity contribution in [3.05, 3.63) is 250 Å². The fourth-order valence-electron chi connectivity index (χ4n) is 8.07. The number of hydrogen-bond acceptors (Lipinski definition) is 21. The van der Waals surface area contributed by atoms with E-state index >= 15 is 0 Å². The fraction of sp³-hybridized carbons (Fsp3) is 0.0938. The van der Waals surface area contributed by atoms with Gasteiger partial charge in [0.15, 0.2) is 17.2 Å². The van der Waals surface area contributed by atoms with E-state index < -0.39 is 83.9 Å². The van der Waals surface area contributed by atoms with E-state index in [-0.39, 0.29) is 63.3 Å². The molecule has 486 valence electrons. The van der Waals surface area contributed by atoms with Gasteiger partial charge >= 0.3 is 60.7 Å². The fourth-order valence-corrected chi connectivity index (χ4v) is 13.7. The molecule has 0 aliphatic heterocycles. The van der Waals surface area contributed by atoms with Gasteiger partial charge in [-0.05, 0) is 151 Å². The highest BCUT2D eigenvalue weighted by atomic mass is 32.2. The summed E-state index contributed by atoms with van der Waals surface area (Å²) in [5, 5.41) is 15.2. The first-order valence-corrected chi connectivity index (χ1v) is 36.1. The minimum Gasteiger partial charge on any atom is -0.379 e. The monoisotopic (exact) mass is 1390 g/mol. The highest BCUT2D eigenvalue weighted by molar-refractivity contribution is 7.88. The van der Waals surface area contributed by atoms with E-state index in [2.05, 4.69) is 31.3 Å². The molecular weight excluding hydrogens is 1330 g/mol. The Hall–Kier alpha value is -10.2. The largest absolute Gasteiger partial charge is 0.379 e. The van der Waals surface area contributed by atoms with Crippen LogP contribution in [0.15, 0.2) is 245 Å². The van der Waals surface area contributed by atoms with Crippen LogP contribution in [-0.2, 0) is 60.7 Å². The highest BCUT2D eigenvalue weighted by Crippen LogP contribution is 2.33. The Labute approximate surface area is 544 Å². The molecule has 0 radical (unpaired) electrons. The van der Waals surface area contributed by atoms with Crippen molar-refractivity contribution in [2.45, 2.75) is 70.9 Å². The summed E-state index contributed by atoms with van der Waals surface area (Å²) in [6.07, 6.45) is 3.20. The minimum absolute atomic E-state index is 0.0545. The molecule has 94 heavy (non-hydrogen) atoms. The van der Waals surface area contributed by atoms with Gasteiger partial charge in [-0.1, -0.05) is 106 Å². The van der Waals surface area contributed by atoms with E-state index in [1.807, 2.05) is 0 Å². The Balaban J connectivity index is 1.11. The number of nitrogens with zero attached hydrogens (tertiary/aromatic N) is 3. The summed E-state index contributed by atoms with van der Waals surface area (Å²) in [5.74, 6) is -2.94. The summed E-state index contributed by atoms with van der Waals surface area (Å²) in [6, 6.07) is 44.7. The standard InChI is InChI=1S/C64H56N6O18S6/c1-43-7-25-55(26-8-43)89(71,72)83-52-22-19-49(61(37-52)86-92(77,78)58-31-13-46(4)14-32-58)40-65-68-64(69-66-41-50-20-23-53(84-90(73,74)56-27-9-44(2)10-28-56)38-62(50)87-93(79,80)59-33-15-47(5)16-34-59)70-67-42-51-21-24-54(85-91(75,76)57-29-11-45(3)12-30-57)39-63(51)88-94(81,82)60-35-17-48(6)18-36-60/h7-42H,1-6H3,(H2,68,69,70)/p+1/b65-40+,66-41+,67-42+. The second kappa shape index (κ2) is 28.3. The van der Waals surface area contributed by atoms with Gasteiger partial charge in [0.05, 0.1) is 18.0 Å². The Morgan fingerprint density at radius 2 is 0.585 bits per heavy atom. The quantitative estimate of drug-likeness (QED) is 0.0222. The maximum Gasteiger partial charge on any atom is 0.339 e. The van der Waals surface area contributed by atoms with Gasteiger partial charge in [0.2, 0.25) is 6.21 Å². The summed E-state index contributed by atoms with van der Waals surface area (Å²) in [6.45, 7) is 10.5. The Morgan fingerprint density at radius 1 is 0.330 bits per heavy atom. The van der Waals surface area contributed by atoms with Gasteiger partial charge in [-0.2, -0.15) is 60.7 Å². The zero-order valence-corrected chi connectivity index (χ0v) is 55.3. The van der Waals surface area contributed by atoms with E-state index in [0.717, 1.165) is 70.2 Å². The number of hydrogen-bond donors (Lipinski definition) is 3. The van der Waals surface area contributed by atoms with Crippen LogP contribution in [0.1, 0.15) is 50.1 Å². The number of benzene rings is 9. The minimum atomic E-state index is -4.64. The van der Waals surface area contributed by atoms with Crippen LogP contribution in [0.5, 0.6) is 34.5 Å². The molecule has 9 aromatic carbocycles. The van der Waals surface area contributed by atoms with Crippen LogP contribution in [-0.4, -0.2) is 75.1 Å². The maximum absolute atomic E-state index is 13.8. The van der Waals surface area contributed by atoms with Gasteiger partial charge in [-0.25, -0.2) is 5.43 Å². The van der Waals surface area contributed by atoms with Gasteiger partial charge in [-0.15, -0.1) is 15.6 Å². The second-order valence-corrected chi connectivity index (χ2v) is 30.0. The summed E-state index contributed by atoms with van der Waals surface area (Å²) >= 11 is 0. The molecule has 3 N–H and O–H groups in total. The molecule has 0 aromatic heterocycles. The first kappa shape index (κ1) is 68.1. The van der Waals surface area contributed by atoms with Crippen molar-refractivity contribution in [1.29, 1.82) is 0 Å². The predicted octanol–water partition coefficient (Wildman–Crippen LogP) is 8.16. The van der Waals surface area contributed by atoms with Crippen LogP contribution in [0.2, 0.25) is 0 Å². The first-order chi connectivity index (χ1) is 44.4. The molecule has 30 heteroatoms. The average Bonchev–Trinajstić information content (AvgIpc) is 0.834. The molecule has 0 amide bonds. The number of aryl methyl sites for hydroxylation is 6. The van der Waals surface area contributed by atoms with Gasteiger partial charge in [0.25, 0.3) is 5.96 Å². The Bertz CT molecular complexity index is 4920. The van der Waals surface area contributed by atoms with Crippen LogP contribution in [0, 0.1) is 41.5 Å². The van der Waals surface area contributed by atoms with Crippen LogP contribution in [0.3, 0.4) is 0 Å². The molecule has 0 aliphatic carbocycles. The number of rotatable bonds is 24. The van der Waals surface area contributed by atoms with Crippen molar-refractivity contribution in [3.8, 4) is 34.5 Å². The molecule has 0 atom stereocenters. The van der Waals surface area contributed by atoms with Crippen molar-refractivity contribution < 1.29 is 80.7 Å². The lowest BCUT2D eigenvalue weighted by Crippen LogP contribution is -2.83. The van der Waals surface area contributed by atoms with Crippen LogP contribution < -0.4 is 41.1 Å². The number of hydrazone groups is 2. The van der Waals surface area contributed by atoms with Crippen molar-refractivity contribution >= 4 is 85.3 Å². The van der Waals surface area contributed by atoms with Gasteiger partial charge in [-0.3, -0.25) is 0 Å². The predicted molar refractivity (Wildman–Crippen MR) is 348 cm³/mol. The van der Waals surface area contributed by atoms with Gasteiger partial charge in [0.1, 0.15) is 46.6 Å². The van der Waals surface area contributed by atoms with E-state index in [0.29, 0.717) is 0 Å². The topological polar surface area (TPSA) is 335 Å². The molecule has 9 aromatic rings. The lowest BCUT2D eigenvalue weighted by atomic mass is 10.2. The zero-order valence-electron chi connectivity index (χ0n) is 50.4. The molecule has 0 bridgehead atoms. The number of nitrogens with one attached hydrogen (secondary N) is 3. The maximum atomic E-state index is 13.8. The molecule has 24 nitrogen and oxygen atoms in total. The van der Waals surface area contributed by atoms with Crippen LogP contribution >= 0.6 is 0 Å². The molecule has 9 rings (SSSR count). The van der Waals surface area contributed by atoms with Crippen molar-refractivity contribution in [2.75, 3.05) is 0 Å². The lowest BCUT2D eigenvalue weighted by Gasteiger charge is -2.13. The molecular formula is C64H57N6O18S6+. The van der Waals surface area contributed by atoms with E-state index in [1.54, 1.807) is 77.9 Å². The Morgan fingerprint density at radius 3 is 0.883 bits per heavy atom. The van der Waals surface area contributed by atoms with Gasteiger partial charge in [0, 0.05) is 29.3 Å². The Kier molecular flexibility index (Phi) is 20.5. The molecule has 0 aliphatic rings. The summed E-state index contributed by atoms with van der Waals surface area (Å²) in [4.78, 5) is -1.38. The van der Waals surface area contributed by atoms with E-state index in [4.69, 9.17) is 25.1 Å². The highest BCUT2D eigenvalue weighted by Gasteiger charge is 2.26. The SMILES string of the molecule is Cc1ccc(S(=O)(=O)Oc2ccc(/C=N/N=C(\N/N=C/c3ccc(OS(=O)(=O)c4ccc(C)cc4)cc3OS(=O)(=O)c3ccc(C)cc3)N/[NH+]=C/c3ccc(OS(=O)(=O)c4ccc(C)cc4)cc3OS(=O)(=O)c3ccc(C)cc3)c(OS(=O)(=O)c3ccc(C)cc3)c2)cc1. The van der Waals surface area contributed by atoms with Crippen molar-refractivity contribution in [1.82, 2.24) is 10.9 Å². The molecule has 0 saturated carbocycles. The normalized spacial score (nSPS) is 12.6. The smallest absolute Gasteiger partial charge is 0.339 e. The van der Waals surface area contributed by atoms with Crippen LogP contribution in [0.4, 0.5) is 0 Å². The summed E-state index contributed by atoms with van der Waals surface area (Å²) in [5.41, 5.74) is 9.48. The van der Waals surface area contributed by atoms with E-state index in [9.17, 15) is 50.5 Å².